The van der Waals surface area contributed by atoms with Gasteiger partial charge in [-0.15, -0.1) is 0 Å². The van der Waals surface area contributed by atoms with E-state index in [9.17, 15) is 27.9 Å². The van der Waals surface area contributed by atoms with Gasteiger partial charge in [0.2, 0.25) is 5.67 Å². The second-order valence-corrected chi connectivity index (χ2v) is 14.9. The summed E-state index contributed by atoms with van der Waals surface area (Å²) in [5, 5.41) is 9.50. The van der Waals surface area contributed by atoms with E-state index in [4.69, 9.17) is 9.47 Å². The lowest BCUT2D eigenvalue weighted by atomic mass is 9.85. The van der Waals surface area contributed by atoms with E-state index in [2.05, 4.69) is 11.8 Å². The average Bonchev–Trinajstić information content (AvgIpc) is 3.69. The fourth-order valence-corrected chi connectivity index (χ4v) is 8.84. The zero-order chi connectivity index (χ0) is 35.8. The molecule has 1 saturated carbocycles. The van der Waals surface area contributed by atoms with Crippen molar-refractivity contribution in [3.05, 3.63) is 59.2 Å². The van der Waals surface area contributed by atoms with E-state index in [1.165, 1.54) is 13.2 Å². The third kappa shape index (κ3) is 7.33. The molecule has 3 saturated heterocycles. The van der Waals surface area contributed by atoms with Gasteiger partial charge in [-0.2, -0.15) is 13.2 Å². The third-order valence-electron chi connectivity index (χ3n) is 11.8. The Morgan fingerprint density at radius 1 is 0.960 bits per heavy atom. The molecule has 4 fully saturated rings. The van der Waals surface area contributed by atoms with Crippen molar-refractivity contribution in [2.45, 2.75) is 87.6 Å². The number of methoxy groups -OCH3 is 2. The molecule has 12 heteroatoms. The Labute approximate surface area is 291 Å². The predicted molar refractivity (Wildman–Crippen MR) is 181 cm³/mol. The van der Waals surface area contributed by atoms with Crippen molar-refractivity contribution < 1.29 is 41.7 Å². The molecular formula is C38H49F4N3O5. The van der Waals surface area contributed by atoms with Gasteiger partial charge in [-0.25, -0.2) is 4.39 Å². The maximum Gasteiger partial charge on any atom is 0.416 e. The molecule has 274 valence electrons. The molecule has 0 bridgehead atoms. The second kappa shape index (κ2) is 14.7. The van der Waals surface area contributed by atoms with E-state index in [0.717, 1.165) is 43.4 Å². The summed E-state index contributed by atoms with van der Waals surface area (Å²) in [6, 6.07) is 10.6. The fraction of sp³-hybridized carbons (Fsp3) is 0.632. The van der Waals surface area contributed by atoms with E-state index >= 15 is 4.39 Å². The molecule has 6 rings (SSSR count). The number of aliphatic carboxylic acids is 1. The number of halogens is 4. The topological polar surface area (TPSA) is 82.5 Å². The third-order valence-corrected chi connectivity index (χ3v) is 11.8. The van der Waals surface area contributed by atoms with Gasteiger partial charge in [0, 0.05) is 63.4 Å². The lowest BCUT2D eigenvalue weighted by Crippen LogP contribution is -2.53. The largest absolute Gasteiger partial charge is 0.497 e. The first-order valence-corrected chi connectivity index (χ1v) is 17.9. The summed E-state index contributed by atoms with van der Waals surface area (Å²) in [6.45, 7) is 3.53. The molecular weight excluding hydrogens is 654 g/mol. The van der Waals surface area contributed by atoms with Gasteiger partial charge in [-0.3, -0.25) is 14.5 Å². The van der Waals surface area contributed by atoms with Gasteiger partial charge in [-0.05, 0) is 86.3 Å². The normalized spacial score (nSPS) is 29.8. The van der Waals surface area contributed by atoms with E-state index in [1.807, 2.05) is 17.0 Å². The highest BCUT2D eigenvalue weighted by Crippen LogP contribution is 2.47. The van der Waals surface area contributed by atoms with E-state index in [0.29, 0.717) is 61.8 Å². The van der Waals surface area contributed by atoms with Gasteiger partial charge in [0.05, 0.1) is 31.2 Å². The lowest BCUT2D eigenvalue weighted by Gasteiger charge is -2.35. The Morgan fingerprint density at radius 2 is 1.64 bits per heavy atom. The molecule has 50 heavy (non-hydrogen) atoms. The first kappa shape index (κ1) is 36.4. The quantitative estimate of drug-likeness (QED) is 0.290. The van der Waals surface area contributed by atoms with Crippen LogP contribution >= 0.6 is 0 Å². The lowest BCUT2D eigenvalue weighted by molar-refractivity contribution is -0.146. The van der Waals surface area contributed by atoms with Crippen LogP contribution in [0.3, 0.4) is 0 Å². The number of amides is 1. The summed E-state index contributed by atoms with van der Waals surface area (Å²) in [5.74, 6) is -1.87. The number of rotatable bonds is 9. The monoisotopic (exact) mass is 703 g/mol. The number of hydrogen-bond acceptors (Lipinski definition) is 6. The smallest absolute Gasteiger partial charge is 0.416 e. The number of nitrogens with zero attached hydrogens (tertiary/aromatic N) is 3. The SMILES string of the molecule is COC[C@@H]1C[C@@H](c2ccc(C(F)(F)F)cc2N2CCC(C(=O)O)CC2)CN1C(=O)[C@]1(F)CN([C@H]2CC[C@H](C)CC2)C[C@H]1c1ccc(OC)cc1. The number of piperidine rings is 1. The summed E-state index contributed by atoms with van der Waals surface area (Å²) < 4.78 is 70.6. The zero-order valence-corrected chi connectivity index (χ0v) is 29.1. The summed E-state index contributed by atoms with van der Waals surface area (Å²) in [6.07, 6.45) is 0.518. The molecule has 3 heterocycles. The number of hydrogen-bond donors (Lipinski definition) is 1. The Balaban J connectivity index is 1.31. The van der Waals surface area contributed by atoms with Crippen LogP contribution in [0.2, 0.25) is 0 Å². The van der Waals surface area contributed by atoms with Crippen molar-refractivity contribution >= 4 is 17.6 Å². The molecule has 1 amide bonds. The van der Waals surface area contributed by atoms with Crippen molar-refractivity contribution in [3.63, 3.8) is 0 Å². The zero-order valence-electron chi connectivity index (χ0n) is 29.1. The highest BCUT2D eigenvalue weighted by Gasteiger charge is 2.58. The van der Waals surface area contributed by atoms with E-state index in [-0.39, 0.29) is 31.7 Å². The molecule has 2 aromatic carbocycles. The number of likely N-dealkylation sites (tertiary alicyclic amines) is 2. The first-order valence-electron chi connectivity index (χ1n) is 17.9. The van der Waals surface area contributed by atoms with Gasteiger partial charge in [0.1, 0.15) is 5.75 Å². The maximum atomic E-state index is 17.9. The van der Waals surface area contributed by atoms with Crippen LogP contribution in [0, 0.1) is 11.8 Å². The minimum absolute atomic E-state index is 0.0213. The molecule has 4 atom stereocenters. The molecule has 0 spiro atoms. The van der Waals surface area contributed by atoms with Gasteiger partial charge in [0.15, 0.2) is 0 Å². The van der Waals surface area contributed by atoms with Crippen molar-refractivity contribution in [2.24, 2.45) is 11.8 Å². The first-order chi connectivity index (χ1) is 23.8. The van der Waals surface area contributed by atoms with Crippen LogP contribution in [0.1, 0.15) is 80.4 Å². The van der Waals surface area contributed by atoms with Crippen LogP contribution in [0.5, 0.6) is 5.75 Å². The van der Waals surface area contributed by atoms with Crippen LogP contribution in [-0.4, -0.2) is 98.1 Å². The minimum atomic E-state index is -4.56. The number of carbonyl (C=O) groups excluding carboxylic acids is 1. The molecule has 8 nitrogen and oxygen atoms in total. The van der Waals surface area contributed by atoms with Gasteiger partial charge >= 0.3 is 12.1 Å². The van der Waals surface area contributed by atoms with Gasteiger partial charge < -0.3 is 24.4 Å². The number of alkyl halides is 4. The van der Waals surface area contributed by atoms with Crippen LogP contribution in [0.4, 0.5) is 23.2 Å². The van der Waals surface area contributed by atoms with Crippen molar-refractivity contribution in [2.75, 3.05) is 58.5 Å². The fourth-order valence-electron chi connectivity index (χ4n) is 8.84. The molecule has 0 aromatic heterocycles. The van der Waals surface area contributed by atoms with E-state index in [1.54, 1.807) is 24.1 Å². The number of anilines is 1. The highest BCUT2D eigenvalue weighted by atomic mass is 19.4. The average molecular weight is 704 g/mol. The van der Waals surface area contributed by atoms with Gasteiger partial charge in [-0.1, -0.05) is 25.1 Å². The molecule has 1 aliphatic carbocycles. The van der Waals surface area contributed by atoms with Crippen molar-refractivity contribution in [1.82, 2.24) is 9.80 Å². The Bertz CT molecular complexity index is 1510. The minimum Gasteiger partial charge on any atom is -0.497 e. The van der Waals surface area contributed by atoms with Gasteiger partial charge in [0.25, 0.3) is 5.91 Å². The summed E-state index contributed by atoms with van der Waals surface area (Å²) >= 11 is 0. The number of carboxylic acids is 1. The standard InChI is InChI=1S/C38H49F4N3O5/c1-24-4-9-29(10-5-24)44-21-33(25-6-11-31(50-3)12-7-25)37(39,23-44)36(48)45-20-27(18-30(45)22-49-2)32-13-8-28(38(40,41)42)19-34(32)43-16-14-26(15-17-43)35(46)47/h6-8,11-13,19,24,26-27,29-30,33H,4-5,9-10,14-18,20-23H2,1-3H3,(H,46,47)/t24-,27-,29-,30+,33+,37+/m1/s1. The summed E-state index contributed by atoms with van der Waals surface area (Å²) in [4.78, 5) is 31.9. The number of carbonyl (C=O) groups is 2. The second-order valence-electron chi connectivity index (χ2n) is 14.9. The molecule has 0 radical (unpaired) electrons. The maximum absolute atomic E-state index is 17.9. The number of ether oxygens (including phenoxy) is 2. The van der Waals surface area contributed by atoms with Crippen molar-refractivity contribution in [1.29, 1.82) is 0 Å². The Hall–Kier alpha value is -3.38. The highest BCUT2D eigenvalue weighted by molar-refractivity contribution is 5.88. The predicted octanol–water partition coefficient (Wildman–Crippen LogP) is 6.73. The number of carboxylic acid groups (broad SMARTS) is 1. The number of benzene rings is 2. The molecule has 2 aromatic rings. The van der Waals surface area contributed by atoms with Crippen LogP contribution in [0.15, 0.2) is 42.5 Å². The molecule has 3 aliphatic heterocycles. The van der Waals surface area contributed by atoms with Crippen molar-refractivity contribution in [3.8, 4) is 5.75 Å². The molecule has 4 aliphatic rings. The van der Waals surface area contributed by atoms with Crippen LogP contribution in [0.25, 0.3) is 0 Å². The Kier molecular flexibility index (Phi) is 10.7. The Morgan fingerprint density at radius 3 is 2.24 bits per heavy atom. The molecule has 0 unspecified atom stereocenters. The van der Waals surface area contributed by atoms with Crippen LogP contribution < -0.4 is 9.64 Å². The van der Waals surface area contributed by atoms with E-state index < -0.39 is 47.2 Å². The summed E-state index contributed by atoms with van der Waals surface area (Å²) in [5.41, 5.74) is -1.25. The molecule has 1 N–H and O–H groups in total. The van der Waals surface area contributed by atoms with Crippen LogP contribution in [-0.2, 0) is 20.5 Å². The summed E-state index contributed by atoms with van der Waals surface area (Å²) in [7, 11) is 3.10.